The highest BCUT2D eigenvalue weighted by Gasteiger charge is 2.15. The van der Waals surface area contributed by atoms with Crippen LogP contribution in [0.4, 0.5) is 0 Å². The van der Waals surface area contributed by atoms with Gasteiger partial charge in [-0.3, -0.25) is 9.59 Å². The molecule has 0 aliphatic carbocycles. The zero-order chi connectivity index (χ0) is 19.4. The van der Waals surface area contributed by atoms with E-state index in [1.807, 2.05) is 63.2 Å². The van der Waals surface area contributed by atoms with E-state index in [1.165, 1.54) is 0 Å². The first kappa shape index (κ1) is 18.7. The Labute approximate surface area is 158 Å². The number of hydrogen-bond acceptors (Lipinski definition) is 4. The number of benzene rings is 2. The minimum atomic E-state index is -0.460. The third-order valence-corrected chi connectivity index (χ3v) is 4.72. The first-order valence-electron chi connectivity index (χ1n) is 8.92. The van der Waals surface area contributed by atoms with Crippen LogP contribution in [0.1, 0.15) is 35.2 Å². The summed E-state index contributed by atoms with van der Waals surface area (Å²) in [6.07, 6.45) is 1.65. The van der Waals surface area contributed by atoms with Gasteiger partial charge >= 0.3 is 5.97 Å². The van der Waals surface area contributed by atoms with E-state index < -0.39 is 5.97 Å². The highest BCUT2D eigenvalue weighted by Crippen LogP contribution is 2.26. The lowest BCUT2D eigenvalue weighted by Gasteiger charge is -2.14. The topological polar surface area (TPSA) is 68.5 Å². The first-order chi connectivity index (χ1) is 13.0. The molecule has 2 aromatic carbocycles. The van der Waals surface area contributed by atoms with Crippen molar-refractivity contribution >= 4 is 22.8 Å². The van der Waals surface area contributed by atoms with Crippen molar-refractivity contribution in [2.45, 2.75) is 33.2 Å². The molecule has 0 saturated carbocycles. The molecule has 140 valence electrons. The van der Waals surface area contributed by atoms with Gasteiger partial charge in [-0.2, -0.15) is 0 Å². The summed E-state index contributed by atoms with van der Waals surface area (Å²) in [5.74, 6) is -0.790. The van der Waals surface area contributed by atoms with Crippen molar-refractivity contribution in [2.24, 2.45) is 0 Å². The second kappa shape index (κ2) is 8.08. The summed E-state index contributed by atoms with van der Waals surface area (Å²) in [6, 6.07) is 13.4. The van der Waals surface area contributed by atoms with E-state index in [4.69, 9.17) is 9.15 Å². The van der Waals surface area contributed by atoms with Crippen LogP contribution in [0.15, 0.2) is 53.1 Å². The SMILES string of the molecule is Cc1ccc2c(CC(=O)OCC(=O)N[C@H](C)c3ccccc3)coc2c1C. The molecule has 5 nitrogen and oxygen atoms in total. The Bertz CT molecular complexity index is 959. The lowest BCUT2D eigenvalue weighted by atomic mass is 10.0. The van der Waals surface area contributed by atoms with Gasteiger partial charge in [0.1, 0.15) is 5.58 Å². The van der Waals surface area contributed by atoms with Gasteiger partial charge in [0.25, 0.3) is 5.91 Å². The molecule has 1 N–H and O–H groups in total. The van der Waals surface area contributed by atoms with Crippen LogP contribution >= 0.6 is 0 Å². The van der Waals surface area contributed by atoms with E-state index in [0.717, 1.165) is 33.2 Å². The van der Waals surface area contributed by atoms with E-state index in [-0.39, 0.29) is 25.0 Å². The molecule has 1 aromatic heterocycles. The Morgan fingerprint density at radius 1 is 1.11 bits per heavy atom. The maximum Gasteiger partial charge on any atom is 0.310 e. The highest BCUT2D eigenvalue weighted by molar-refractivity contribution is 5.89. The Kier molecular flexibility index (Phi) is 5.60. The summed E-state index contributed by atoms with van der Waals surface area (Å²) < 4.78 is 10.7. The molecular weight excluding hydrogens is 342 g/mol. The molecule has 5 heteroatoms. The predicted octanol–water partition coefficient (Wildman–Crippen LogP) is 4.01. The number of carbonyl (C=O) groups is 2. The molecule has 27 heavy (non-hydrogen) atoms. The van der Waals surface area contributed by atoms with Gasteiger partial charge in [0, 0.05) is 10.9 Å². The summed E-state index contributed by atoms with van der Waals surface area (Å²) in [5, 5.41) is 3.72. The molecule has 0 unspecified atom stereocenters. The van der Waals surface area contributed by atoms with Gasteiger partial charge in [0.15, 0.2) is 6.61 Å². The quantitative estimate of drug-likeness (QED) is 0.670. The second-order valence-corrected chi connectivity index (χ2v) is 6.68. The Hall–Kier alpha value is -3.08. The maximum absolute atomic E-state index is 12.1. The molecule has 1 amide bonds. The van der Waals surface area contributed by atoms with Crippen molar-refractivity contribution in [3.63, 3.8) is 0 Å². The molecule has 1 heterocycles. The minimum absolute atomic E-state index is 0.0665. The number of nitrogens with one attached hydrogen (secondary N) is 1. The second-order valence-electron chi connectivity index (χ2n) is 6.68. The number of furan rings is 1. The molecule has 1 atom stereocenters. The molecule has 0 saturated heterocycles. The molecule has 3 rings (SSSR count). The van der Waals surface area contributed by atoms with E-state index >= 15 is 0 Å². The molecule has 0 spiro atoms. The van der Waals surface area contributed by atoms with E-state index in [1.54, 1.807) is 6.26 Å². The van der Waals surface area contributed by atoms with Crippen LogP contribution in [0.2, 0.25) is 0 Å². The zero-order valence-corrected chi connectivity index (χ0v) is 15.7. The summed E-state index contributed by atoms with van der Waals surface area (Å²) in [5.41, 5.74) is 4.73. The fourth-order valence-electron chi connectivity index (χ4n) is 2.99. The molecule has 0 aliphatic heterocycles. The number of fused-ring (bicyclic) bond motifs is 1. The van der Waals surface area contributed by atoms with Crippen LogP contribution in [0.3, 0.4) is 0 Å². The Morgan fingerprint density at radius 3 is 2.59 bits per heavy atom. The smallest absolute Gasteiger partial charge is 0.310 e. The van der Waals surface area contributed by atoms with Gasteiger partial charge in [-0.1, -0.05) is 42.5 Å². The van der Waals surface area contributed by atoms with Crippen molar-refractivity contribution in [3.05, 3.63) is 71.0 Å². The van der Waals surface area contributed by atoms with Crippen LogP contribution in [-0.2, 0) is 20.7 Å². The summed E-state index contributed by atoms with van der Waals surface area (Å²) in [6.45, 7) is 5.59. The van der Waals surface area contributed by atoms with Gasteiger partial charge in [-0.25, -0.2) is 0 Å². The zero-order valence-electron chi connectivity index (χ0n) is 15.7. The molecule has 0 aliphatic rings. The molecule has 0 radical (unpaired) electrons. The van der Waals surface area contributed by atoms with Crippen molar-refractivity contribution in [1.29, 1.82) is 0 Å². The third kappa shape index (κ3) is 4.37. The Morgan fingerprint density at radius 2 is 1.85 bits per heavy atom. The van der Waals surface area contributed by atoms with Crippen LogP contribution < -0.4 is 5.32 Å². The van der Waals surface area contributed by atoms with E-state index in [0.29, 0.717) is 0 Å². The van der Waals surface area contributed by atoms with Crippen molar-refractivity contribution in [2.75, 3.05) is 6.61 Å². The van der Waals surface area contributed by atoms with E-state index in [2.05, 4.69) is 5.32 Å². The van der Waals surface area contributed by atoms with Gasteiger partial charge in [0.05, 0.1) is 18.7 Å². The fraction of sp³-hybridized carbons (Fsp3) is 0.273. The number of rotatable bonds is 6. The first-order valence-corrected chi connectivity index (χ1v) is 8.92. The number of aryl methyl sites for hydroxylation is 2. The van der Waals surface area contributed by atoms with Gasteiger partial charge in [0.2, 0.25) is 0 Å². The van der Waals surface area contributed by atoms with Gasteiger partial charge < -0.3 is 14.5 Å². The maximum atomic E-state index is 12.1. The van der Waals surface area contributed by atoms with Crippen molar-refractivity contribution in [3.8, 4) is 0 Å². The molecule has 3 aromatic rings. The van der Waals surface area contributed by atoms with Crippen molar-refractivity contribution < 1.29 is 18.7 Å². The van der Waals surface area contributed by atoms with Gasteiger partial charge in [-0.15, -0.1) is 0 Å². The highest BCUT2D eigenvalue weighted by atomic mass is 16.5. The Balaban J connectivity index is 1.54. The number of hydrogen-bond donors (Lipinski definition) is 1. The predicted molar refractivity (Wildman–Crippen MR) is 103 cm³/mol. The van der Waals surface area contributed by atoms with Crippen LogP contribution in [0, 0.1) is 13.8 Å². The fourth-order valence-corrected chi connectivity index (χ4v) is 2.99. The summed E-state index contributed by atoms with van der Waals surface area (Å²) in [7, 11) is 0. The van der Waals surface area contributed by atoms with Crippen molar-refractivity contribution in [1.82, 2.24) is 5.32 Å². The minimum Gasteiger partial charge on any atom is -0.464 e. The number of ether oxygens (including phenoxy) is 1. The van der Waals surface area contributed by atoms with E-state index in [9.17, 15) is 9.59 Å². The average Bonchev–Trinajstić information content (AvgIpc) is 3.07. The number of carbonyl (C=O) groups excluding carboxylic acids is 2. The lowest BCUT2D eigenvalue weighted by molar-refractivity contribution is -0.148. The van der Waals surface area contributed by atoms with Crippen LogP contribution in [0.5, 0.6) is 0 Å². The number of amides is 1. The third-order valence-electron chi connectivity index (χ3n) is 4.72. The standard InChI is InChI=1S/C22H23NO4/c1-14-9-10-19-18(12-27-22(19)15(14)2)11-21(25)26-13-20(24)23-16(3)17-7-5-4-6-8-17/h4-10,12,16H,11,13H2,1-3H3,(H,23,24)/t16-/m1/s1. The van der Waals surface area contributed by atoms with Crippen LogP contribution in [0.25, 0.3) is 11.0 Å². The number of esters is 1. The normalized spacial score (nSPS) is 12.0. The summed E-state index contributed by atoms with van der Waals surface area (Å²) in [4.78, 5) is 24.1. The van der Waals surface area contributed by atoms with Gasteiger partial charge in [-0.05, 0) is 37.5 Å². The molecule has 0 bridgehead atoms. The average molecular weight is 365 g/mol. The largest absolute Gasteiger partial charge is 0.464 e. The lowest BCUT2D eigenvalue weighted by Crippen LogP contribution is -2.31. The summed E-state index contributed by atoms with van der Waals surface area (Å²) >= 11 is 0. The molecular formula is C22H23NO4. The molecule has 0 fully saturated rings. The van der Waals surface area contributed by atoms with Crippen LogP contribution in [-0.4, -0.2) is 18.5 Å². The monoisotopic (exact) mass is 365 g/mol.